The Hall–Kier alpha value is -0.990. The van der Waals surface area contributed by atoms with Gasteiger partial charge >= 0.3 is 11.9 Å². The first-order chi connectivity index (χ1) is 10.7. The average molecular weight is 371 g/mol. The van der Waals surface area contributed by atoms with Crippen molar-refractivity contribution in [1.82, 2.24) is 0 Å². The number of phosphoric acid groups is 1. The zero-order valence-electron chi connectivity index (χ0n) is 15.5. The van der Waals surface area contributed by atoms with Gasteiger partial charge in [-0.25, -0.2) is 0 Å². The molecule has 0 aliphatic heterocycles. The maximum absolute atomic E-state index is 11.3. The fourth-order valence-electron chi connectivity index (χ4n) is 0.739. The zero-order valence-corrected chi connectivity index (χ0v) is 16.4. The van der Waals surface area contributed by atoms with Crippen molar-refractivity contribution in [3.05, 3.63) is 0 Å². The quantitative estimate of drug-likeness (QED) is 0.210. The molecular weight excluding hydrogens is 341 g/mol. The van der Waals surface area contributed by atoms with E-state index in [1.807, 2.05) is 0 Å². The summed E-state index contributed by atoms with van der Waals surface area (Å²) in [7, 11) is 1.02. The van der Waals surface area contributed by atoms with E-state index in [4.69, 9.17) is 9.84 Å². The number of rotatable bonds is 9. The normalized spacial score (nSPS) is 13.9. The van der Waals surface area contributed by atoms with Crippen LogP contribution in [0.3, 0.4) is 0 Å². The summed E-state index contributed by atoms with van der Waals surface area (Å²) in [6.45, 7) is 6.28. The van der Waals surface area contributed by atoms with E-state index in [1.165, 1.54) is 0 Å². The van der Waals surface area contributed by atoms with Crippen LogP contribution < -0.4 is 4.89 Å². The lowest BCUT2D eigenvalue weighted by Gasteiger charge is -2.28. The van der Waals surface area contributed by atoms with Gasteiger partial charge in [-0.2, -0.15) is 0 Å². The first kappa shape index (κ1) is 25.3. The van der Waals surface area contributed by atoms with E-state index in [0.717, 1.165) is 0 Å². The van der Waals surface area contributed by atoms with E-state index in [9.17, 15) is 19.0 Å². The van der Waals surface area contributed by atoms with Crippen molar-refractivity contribution in [3.8, 4) is 0 Å². The summed E-state index contributed by atoms with van der Waals surface area (Å²) in [4.78, 5) is 32.1. The van der Waals surface area contributed by atoms with Gasteiger partial charge in [0.2, 0.25) is 0 Å². The SMILES string of the molecule is CC(C)C(=O)O.CC(C)C(=O)OCCOP(=O)([O-])OC[N+](C)(C)C. The number of nitrogens with zero attached hydrogens (tertiary/aromatic N) is 1. The fourth-order valence-corrected chi connectivity index (χ4v) is 1.60. The Morgan fingerprint density at radius 2 is 1.50 bits per heavy atom. The molecular formula is C14H30NO8P. The van der Waals surface area contributed by atoms with Crippen LogP contribution >= 0.6 is 7.82 Å². The molecule has 10 heteroatoms. The molecule has 1 atom stereocenters. The minimum Gasteiger partial charge on any atom is -0.756 e. The predicted molar refractivity (Wildman–Crippen MR) is 85.8 cm³/mol. The Bertz CT molecular complexity index is 431. The van der Waals surface area contributed by atoms with Crippen LogP contribution in [0.1, 0.15) is 27.7 Å². The van der Waals surface area contributed by atoms with Crippen molar-refractivity contribution in [2.24, 2.45) is 11.8 Å². The molecule has 144 valence electrons. The van der Waals surface area contributed by atoms with Crippen LogP contribution in [0, 0.1) is 11.8 Å². The third-order valence-electron chi connectivity index (χ3n) is 2.15. The lowest BCUT2D eigenvalue weighted by Crippen LogP contribution is -2.37. The molecule has 9 nitrogen and oxygen atoms in total. The molecule has 0 saturated heterocycles. The average Bonchev–Trinajstić information content (AvgIpc) is 2.41. The van der Waals surface area contributed by atoms with E-state index in [0.29, 0.717) is 4.48 Å². The molecule has 0 fully saturated rings. The Morgan fingerprint density at radius 1 is 1.04 bits per heavy atom. The summed E-state index contributed by atoms with van der Waals surface area (Å²) in [5.41, 5.74) is 0. The molecule has 0 aliphatic rings. The second kappa shape index (κ2) is 11.5. The molecule has 0 radical (unpaired) electrons. The molecule has 0 spiro atoms. The van der Waals surface area contributed by atoms with Crippen molar-refractivity contribution in [2.45, 2.75) is 27.7 Å². The number of quaternary nitrogens is 1. The zero-order chi connectivity index (χ0) is 19.6. The molecule has 0 heterocycles. The van der Waals surface area contributed by atoms with Gasteiger partial charge in [-0.15, -0.1) is 0 Å². The summed E-state index contributed by atoms with van der Waals surface area (Å²) in [5.74, 6) is -1.62. The molecule has 1 N–H and O–H groups in total. The molecule has 0 aromatic carbocycles. The minimum atomic E-state index is -4.33. The number of hydrogen-bond donors (Lipinski definition) is 1. The summed E-state index contributed by atoms with van der Waals surface area (Å²) in [5, 5.41) is 7.99. The molecule has 0 aliphatic carbocycles. The lowest BCUT2D eigenvalue weighted by molar-refractivity contribution is -0.887. The van der Waals surface area contributed by atoms with Gasteiger partial charge in [0, 0.05) is 0 Å². The Kier molecular flexibility index (Phi) is 12.1. The van der Waals surface area contributed by atoms with E-state index < -0.39 is 19.8 Å². The first-order valence-corrected chi connectivity index (χ1v) is 8.94. The molecule has 0 bridgehead atoms. The number of esters is 1. The molecule has 0 saturated carbocycles. The number of aliphatic carboxylic acids is 1. The second-order valence-electron chi connectivity index (χ2n) is 6.64. The first-order valence-electron chi connectivity index (χ1n) is 7.48. The van der Waals surface area contributed by atoms with Crippen LogP contribution in [0.15, 0.2) is 0 Å². The van der Waals surface area contributed by atoms with Gasteiger partial charge in [-0.3, -0.25) is 18.7 Å². The fraction of sp³-hybridized carbons (Fsp3) is 0.857. The molecule has 0 aromatic rings. The van der Waals surface area contributed by atoms with Crippen molar-refractivity contribution in [1.29, 1.82) is 0 Å². The number of carboxylic acids is 1. The van der Waals surface area contributed by atoms with Crippen molar-refractivity contribution < 1.29 is 42.4 Å². The molecule has 24 heavy (non-hydrogen) atoms. The number of carboxylic acid groups (broad SMARTS) is 1. The number of phosphoric ester groups is 1. The van der Waals surface area contributed by atoms with Crippen LogP contribution in [0.25, 0.3) is 0 Å². The van der Waals surface area contributed by atoms with E-state index in [-0.39, 0.29) is 31.8 Å². The molecule has 0 rings (SSSR count). The number of ether oxygens (including phenoxy) is 1. The van der Waals surface area contributed by atoms with Crippen LogP contribution in [0.5, 0.6) is 0 Å². The maximum atomic E-state index is 11.3. The van der Waals surface area contributed by atoms with E-state index >= 15 is 0 Å². The van der Waals surface area contributed by atoms with Gasteiger partial charge in [0.1, 0.15) is 6.61 Å². The van der Waals surface area contributed by atoms with Gasteiger partial charge in [0.25, 0.3) is 7.82 Å². The maximum Gasteiger partial charge on any atom is 0.308 e. The standard InChI is InChI=1S/C10H22NO6P.C4H8O2/c1-9(2)10(12)15-6-7-16-18(13,14)17-8-11(3,4)5;1-3(2)4(5)6/h9H,6-8H2,1-5H3;3H,1-2H3,(H,5,6). The van der Waals surface area contributed by atoms with Crippen LogP contribution in [0.2, 0.25) is 0 Å². The van der Waals surface area contributed by atoms with E-state index in [2.05, 4.69) is 9.05 Å². The molecule has 1 unspecified atom stereocenters. The van der Waals surface area contributed by atoms with Crippen LogP contribution in [-0.4, -0.2) is 62.6 Å². The Balaban J connectivity index is 0. The highest BCUT2D eigenvalue weighted by atomic mass is 31.2. The van der Waals surface area contributed by atoms with Gasteiger partial charge in [0.05, 0.1) is 39.6 Å². The highest BCUT2D eigenvalue weighted by Crippen LogP contribution is 2.38. The topological polar surface area (TPSA) is 122 Å². The summed E-state index contributed by atoms with van der Waals surface area (Å²) in [6.07, 6.45) is 0. The Labute approximate surface area is 143 Å². The largest absolute Gasteiger partial charge is 0.756 e. The molecule has 0 aromatic heterocycles. The highest BCUT2D eigenvalue weighted by Gasteiger charge is 2.16. The Morgan fingerprint density at radius 3 is 1.83 bits per heavy atom. The van der Waals surface area contributed by atoms with E-state index in [1.54, 1.807) is 48.8 Å². The van der Waals surface area contributed by atoms with Gasteiger partial charge in [-0.05, 0) is 0 Å². The predicted octanol–water partition coefficient (Wildman–Crippen LogP) is 1.08. The summed E-state index contributed by atoms with van der Waals surface area (Å²) in [6, 6.07) is 0. The smallest absolute Gasteiger partial charge is 0.308 e. The molecule has 0 amide bonds. The van der Waals surface area contributed by atoms with Gasteiger partial charge in [-0.1, -0.05) is 27.7 Å². The van der Waals surface area contributed by atoms with Gasteiger partial charge in [0.15, 0.2) is 6.73 Å². The monoisotopic (exact) mass is 371 g/mol. The van der Waals surface area contributed by atoms with Crippen LogP contribution in [0.4, 0.5) is 0 Å². The van der Waals surface area contributed by atoms with Crippen molar-refractivity contribution in [2.75, 3.05) is 41.1 Å². The van der Waals surface area contributed by atoms with Crippen LogP contribution in [-0.2, 0) is 27.9 Å². The number of carbonyl (C=O) groups is 2. The third kappa shape index (κ3) is 17.4. The van der Waals surface area contributed by atoms with Gasteiger partial charge < -0.3 is 23.7 Å². The number of hydrogen-bond acceptors (Lipinski definition) is 7. The second-order valence-corrected chi connectivity index (χ2v) is 8.05. The minimum absolute atomic E-state index is 0.0213. The third-order valence-corrected chi connectivity index (χ3v) is 3.08. The lowest BCUT2D eigenvalue weighted by atomic mass is 10.2. The van der Waals surface area contributed by atoms with Crippen molar-refractivity contribution in [3.63, 3.8) is 0 Å². The summed E-state index contributed by atoms with van der Waals surface area (Å²) >= 11 is 0. The summed E-state index contributed by atoms with van der Waals surface area (Å²) < 4.78 is 25.6. The number of carbonyl (C=O) groups excluding carboxylic acids is 1. The highest BCUT2D eigenvalue weighted by molar-refractivity contribution is 7.45. The van der Waals surface area contributed by atoms with Crippen molar-refractivity contribution >= 4 is 19.8 Å².